The minimum Gasteiger partial charge on any atom is -0.497 e. The molecule has 0 bridgehead atoms. The largest absolute Gasteiger partial charge is 0.497 e. The van der Waals surface area contributed by atoms with Crippen molar-refractivity contribution in [1.82, 2.24) is 9.88 Å². The molecule has 1 aromatic carbocycles. The van der Waals surface area contributed by atoms with Gasteiger partial charge in [-0.05, 0) is 55.8 Å². The van der Waals surface area contributed by atoms with Crippen molar-refractivity contribution in [3.8, 4) is 17.5 Å². The molecule has 0 fully saturated rings. The number of aryl methyl sites for hydroxylation is 1. The van der Waals surface area contributed by atoms with E-state index in [9.17, 15) is 10.1 Å². The second-order valence-corrected chi connectivity index (χ2v) is 5.53. The maximum Gasteiger partial charge on any atom is 0.262 e. The van der Waals surface area contributed by atoms with Crippen LogP contribution in [0.2, 0.25) is 0 Å². The number of nitrogens with one attached hydrogen (secondary N) is 1. The van der Waals surface area contributed by atoms with Gasteiger partial charge in [-0.1, -0.05) is 6.08 Å². The van der Waals surface area contributed by atoms with E-state index in [0.717, 1.165) is 28.4 Å². The predicted molar refractivity (Wildman–Crippen MR) is 98.6 cm³/mol. The maximum absolute atomic E-state index is 12.0. The number of nitriles is 1. The third-order valence-corrected chi connectivity index (χ3v) is 3.87. The number of hydrogen-bond acceptors (Lipinski definition) is 3. The first-order valence-electron chi connectivity index (χ1n) is 7.86. The summed E-state index contributed by atoms with van der Waals surface area (Å²) in [6, 6.07) is 11.6. The van der Waals surface area contributed by atoms with E-state index >= 15 is 0 Å². The number of carbonyl (C=O) groups excluding carboxylic acids is 1. The lowest BCUT2D eigenvalue weighted by molar-refractivity contribution is -0.116. The molecule has 0 saturated heterocycles. The smallest absolute Gasteiger partial charge is 0.262 e. The zero-order valence-corrected chi connectivity index (χ0v) is 14.7. The van der Waals surface area contributed by atoms with Crippen LogP contribution in [0, 0.1) is 25.2 Å². The Balaban J connectivity index is 2.41. The molecule has 0 aliphatic rings. The Hall–Kier alpha value is -3.26. The Morgan fingerprint density at radius 1 is 1.36 bits per heavy atom. The zero-order valence-electron chi connectivity index (χ0n) is 14.7. The predicted octanol–water partition coefficient (Wildman–Crippen LogP) is 3.31. The van der Waals surface area contributed by atoms with E-state index in [2.05, 4.69) is 16.5 Å². The lowest BCUT2D eigenvalue weighted by Gasteiger charge is -2.10. The molecule has 2 aromatic rings. The van der Waals surface area contributed by atoms with Gasteiger partial charge in [0.2, 0.25) is 0 Å². The number of hydrogen-bond donors (Lipinski definition) is 1. The Kier molecular flexibility index (Phi) is 5.80. The summed E-state index contributed by atoms with van der Waals surface area (Å²) in [7, 11) is 1.63. The summed E-state index contributed by atoms with van der Waals surface area (Å²) in [6.07, 6.45) is 3.18. The van der Waals surface area contributed by atoms with Gasteiger partial charge in [-0.3, -0.25) is 4.79 Å². The number of methoxy groups -OCH3 is 1. The molecule has 5 nitrogen and oxygen atoms in total. The van der Waals surface area contributed by atoms with Crippen LogP contribution in [0.3, 0.4) is 0 Å². The van der Waals surface area contributed by atoms with Gasteiger partial charge in [-0.2, -0.15) is 5.26 Å². The van der Waals surface area contributed by atoms with Gasteiger partial charge in [0, 0.05) is 23.6 Å². The first-order chi connectivity index (χ1) is 12.0. The normalized spacial score (nSPS) is 10.9. The topological polar surface area (TPSA) is 67.0 Å². The highest BCUT2D eigenvalue weighted by atomic mass is 16.5. The average molecular weight is 335 g/mol. The molecule has 25 heavy (non-hydrogen) atoms. The van der Waals surface area contributed by atoms with Crippen LogP contribution in [-0.4, -0.2) is 24.1 Å². The number of amides is 1. The molecule has 128 valence electrons. The fourth-order valence-electron chi connectivity index (χ4n) is 2.63. The molecule has 0 saturated carbocycles. The molecular weight excluding hydrogens is 314 g/mol. The SMILES string of the molecule is C=CCNC(=O)/C(C#N)=C/c1cc(C)n(-c2ccc(OC)cc2)c1C. The molecule has 0 aliphatic heterocycles. The van der Waals surface area contributed by atoms with Gasteiger partial charge in [0.1, 0.15) is 17.4 Å². The molecule has 1 amide bonds. The van der Waals surface area contributed by atoms with E-state index in [0.29, 0.717) is 6.54 Å². The second-order valence-electron chi connectivity index (χ2n) is 5.53. The highest BCUT2D eigenvalue weighted by Gasteiger charge is 2.13. The van der Waals surface area contributed by atoms with Crippen molar-refractivity contribution in [2.24, 2.45) is 0 Å². The van der Waals surface area contributed by atoms with Crippen molar-refractivity contribution in [1.29, 1.82) is 5.26 Å². The number of benzene rings is 1. The molecule has 0 radical (unpaired) electrons. The van der Waals surface area contributed by atoms with Crippen LogP contribution < -0.4 is 10.1 Å². The van der Waals surface area contributed by atoms with Gasteiger partial charge in [0.05, 0.1) is 7.11 Å². The summed E-state index contributed by atoms with van der Waals surface area (Å²) in [5, 5.41) is 11.9. The molecule has 1 N–H and O–H groups in total. The molecule has 0 atom stereocenters. The minimum absolute atomic E-state index is 0.0665. The Bertz CT molecular complexity index is 852. The van der Waals surface area contributed by atoms with Crippen molar-refractivity contribution >= 4 is 12.0 Å². The highest BCUT2D eigenvalue weighted by Crippen LogP contribution is 2.24. The summed E-state index contributed by atoms with van der Waals surface area (Å²) >= 11 is 0. The fraction of sp³-hybridized carbons (Fsp3) is 0.200. The number of ether oxygens (including phenoxy) is 1. The van der Waals surface area contributed by atoms with Gasteiger partial charge in [0.25, 0.3) is 5.91 Å². The third kappa shape index (κ3) is 3.99. The Morgan fingerprint density at radius 3 is 2.60 bits per heavy atom. The van der Waals surface area contributed by atoms with Crippen LogP contribution in [0.5, 0.6) is 5.75 Å². The molecule has 0 spiro atoms. The summed E-state index contributed by atoms with van der Waals surface area (Å²) in [5.74, 6) is 0.383. The molecule has 5 heteroatoms. The molecular formula is C20H21N3O2. The van der Waals surface area contributed by atoms with E-state index < -0.39 is 5.91 Å². The van der Waals surface area contributed by atoms with Crippen LogP contribution >= 0.6 is 0 Å². The number of carbonyl (C=O) groups is 1. The number of aromatic nitrogens is 1. The summed E-state index contributed by atoms with van der Waals surface area (Å²) in [5.41, 5.74) is 3.85. The minimum atomic E-state index is -0.406. The van der Waals surface area contributed by atoms with Crippen LogP contribution in [0.4, 0.5) is 0 Å². The fourth-order valence-corrected chi connectivity index (χ4v) is 2.63. The van der Waals surface area contributed by atoms with E-state index in [1.54, 1.807) is 19.3 Å². The van der Waals surface area contributed by atoms with Crippen LogP contribution in [0.1, 0.15) is 17.0 Å². The van der Waals surface area contributed by atoms with Gasteiger partial charge in [-0.25, -0.2) is 0 Å². The lowest BCUT2D eigenvalue weighted by Crippen LogP contribution is -2.24. The molecule has 0 aliphatic carbocycles. The number of rotatable bonds is 6. The zero-order chi connectivity index (χ0) is 18.4. The van der Waals surface area contributed by atoms with Crippen LogP contribution in [0.15, 0.2) is 48.6 Å². The second kappa shape index (κ2) is 8.02. The van der Waals surface area contributed by atoms with Crippen LogP contribution in [0.25, 0.3) is 11.8 Å². The lowest BCUT2D eigenvalue weighted by atomic mass is 10.1. The third-order valence-electron chi connectivity index (χ3n) is 3.87. The van der Waals surface area contributed by atoms with Crippen molar-refractivity contribution in [2.75, 3.05) is 13.7 Å². The van der Waals surface area contributed by atoms with Crippen molar-refractivity contribution in [2.45, 2.75) is 13.8 Å². The molecule has 2 rings (SSSR count). The molecule has 1 aromatic heterocycles. The standard InChI is InChI=1S/C20H21N3O2/c1-5-10-22-20(24)17(13-21)12-16-11-14(2)23(15(16)3)18-6-8-19(25-4)9-7-18/h5-9,11-12H,1,10H2,2-4H3,(H,22,24)/b17-12+. The van der Waals surface area contributed by atoms with E-state index in [1.165, 1.54) is 0 Å². The summed E-state index contributed by atoms with van der Waals surface area (Å²) in [4.78, 5) is 12.0. The number of nitrogens with zero attached hydrogens (tertiary/aromatic N) is 2. The quantitative estimate of drug-likeness (QED) is 0.500. The van der Waals surface area contributed by atoms with E-state index in [-0.39, 0.29) is 5.57 Å². The first kappa shape index (κ1) is 18.1. The van der Waals surface area contributed by atoms with Crippen molar-refractivity contribution < 1.29 is 9.53 Å². The van der Waals surface area contributed by atoms with Crippen molar-refractivity contribution in [3.63, 3.8) is 0 Å². The first-order valence-corrected chi connectivity index (χ1v) is 7.86. The summed E-state index contributed by atoms with van der Waals surface area (Å²) in [6.45, 7) is 7.81. The van der Waals surface area contributed by atoms with Gasteiger partial charge in [0.15, 0.2) is 0 Å². The Labute approximate surface area is 147 Å². The van der Waals surface area contributed by atoms with E-state index in [4.69, 9.17) is 4.74 Å². The molecule has 1 heterocycles. The van der Waals surface area contributed by atoms with Crippen LogP contribution in [-0.2, 0) is 4.79 Å². The summed E-state index contributed by atoms with van der Waals surface area (Å²) < 4.78 is 7.26. The van der Waals surface area contributed by atoms with Crippen molar-refractivity contribution in [3.05, 3.63) is 65.5 Å². The van der Waals surface area contributed by atoms with Gasteiger partial charge < -0.3 is 14.6 Å². The highest BCUT2D eigenvalue weighted by molar-refractivity contribution is 6.01. The average Bonchev–Trinajstić information content (AvgIpc) is 2.91. The molecule has 0 unspecified atom stereocenters. The van der Waals surface area contributed by atoms with Gasteiger partial charge in [-0.15, -0.1) is 6.58 Å². The maximum atomic E-state index is 12.0. The monoisotopic (exact) mass is 335 g/mol. The Morgan fingerprint density at radius 2 is 2.04 bits per heavy atom. The van der Waals surface area contributed by atoms with Gasteiger partial charge >= 0.3 is 0 Å². The van der Waals surface area contributed by atoms with E-state index in [1.807, 2.05) is 50.2 Å².